The molecule has 1 fully saturated rings. The highest BCUT2D eigenvalue weighted by atomic mass is 16.5. The minimum absolute atomic E-state index is 0.924. The molecule has 0 aliphatic carbocycles. The molecule has 1 rings (SSSR count). The van der Waals surface area contributed by atoms with Crippen molar-refractivity contribution in [2.75, 3.05) is 33.5 Å². The predicted octanol–water partition coefficient (Wildman–Crippen LogP) is 1.82. The second kappa shape index (κ2) is 9.05. The van der Waals surface area contributed by atoms with Crippen molar-refractivity contribution in [2.45, 2.75) is 26.2 Å². The summed E-state index contributed by atoms with van der Waals surface area (Å²) >= 11 is 0. The van der Waals surface area contributed by atoms with Crippen molar-refractivity contribution in [3.05, 3.63) is 5.41 Å². The van der Waals surface area contributed by atoms with E-state index in [0.717, 1.165) is 24.2 Å². The third-order valence-corrected chi connectivity index (χ3v) is 2.50. The second-order valence-electron chi connectivity index (χ2n) is 4.12. The standard InChI is InChI=1S/C9H20NO.C2N3/c1-3-8-11-9-10(2)6-4-5-7-10;3-1-5-2-4/h3-9H2,1-2H3;/q+1;-1. The molecule has 0 bridgehead atoms. The molecule has 0 N–H and O–H groups in total. The maximum Gasteiger partial charge on any atom is 0.182 e. The van der Waals surface area contributed by atoms with Crippen molar-refractivity contribution in [1.82, 2.24) is 0 Å². The highest BCUT2D eigenvalue weighted by Crippen LogP contribution is 2.15. The topological polar surface area (TPSA) is 67.7 Å². The molecule has 0 aromatic rings. The van der Waals surface area contributed by atoms with Crippen LogP contribution in [-0.4, -0.2) is 44.0 Å². The van der Waals surface area contributed by atoms with Crippen LogP contribution in [0.3, 0.4) is 0 Å². The zero-order valence-electron chi connectivity index (χ0n) is 10.1. The first-order valence-electron chi connectivity index (χ1n) is 5.57. The summed E-state index contributed by atoms with van der Waals surface area (Å²) in [5.74, 6) is 0. The molecule has 1 aliphatic heterocycles. The van der Waals surface area contributed by atoms with E-state index in [-0.39, 0.29) is 0 Å². The molecule has 1 saturated heterocycles. The molecule has 90 valence electrons. The van der Waals surface area contributed by atoms with Crippen LogP contribution in [-0.2, 0) is 4.74 Å². The van der Waals surface area contributed by atoms with Crippen molar-refractivity contribution in [2.24, 2.45) is 4.99 Å². The Morgan fingerprint density at radius 1 is 1.44 bits per heavy atom. The fraction of sp³-hybridized carbons (Fsp3) is 0.818. The minimum Gasteiger partial charge on any atom is -0.422 e. The van der Waals surface area contributed by atoms with E-state index in [2.05, 4.69) is 19.0 Å². The van der Waals surface area contributed by atoms with Crippen LogP contribution >= 0.6 is 0 Å². The van der Waals surface area contributed by atoms with Gasteiger partial charge in [0.2, 0.25) is 0 Å². The lowest BCUT2D eigenvalue weighted by atomic mass is 10.4. The molecular weight excluding hydrogens is 204 g/mol. The number of ether oxygens (including phenoxy) is 1. The number of aliphatic imine (C=N–C) groups is 1. The average molecular weight is 224 g/mol. The van der Waals surface area contributed by atoms with Gasteiger partial charge in [0.05, 0.1) is 32.9 Å². The Bertz CT molecular complexity index is 260. The summed E-state index contributed by atoms with van der Waals surface area (Å²) in [7, 11) is 2.29. The summed E-state index contributed by atoms with van der Waals surface area (Å²) < 4.78 is 6.68. The fourth-order valence-electron chi connectivity index (χ4n) is 1.68. The Kier molecular flexibility index (Phi) is 8.36. The Labute approximate surface area is 97.4 Å². The van der Waals surface area contributed by atoms with Crippen LogP contribution in [0.25, 0.3) is 5.41 Å². The van der Waals surface area contributed by atoms with E-state index in [1.54, 1.807) is 0 Å². The van der Waals surface area contributed by atoms with Crippen LogP contribution in [0, 0.1) is 11.5 Å². The summed E-state index contributed by atoms with van der Waals surface area (Å²) in [5, 5.41) is 14.9. The summed E-state index contributed by atoms with van der Waals surface area (Å²) in [5.41, 5.74) is 0. The molecule has 1 heterocycles. The largest absolute Gasteiger partial charge is 0.422 e. The number of nitriles is 1. The van der Waals surface area contributed by atoms with Crippen LogP contribution in [0.4, 0.5) is 0 Å². The molecule has 0 spiro atoms. The van der Waals surface area contributed by atoms with Crippen LogP contribution in [0.1, 0.15) is 26.2 Å². The number of nitrogens with zero attached hydrogens (tertiary/aromatic N) is 4. The number of quaternary nitrogens is 1. The zero-order valence-corrected chi connectivity index (χ0v) is 10.1. The Morgan fingerprint density at radius 3 is 2.44 bits per heavy atom. The van der Waals surface area contributed by atoms with Gasteiger partial charge in [0.15, 0.2) is 6.73 Å². The Hall–Kier alpha value is -1.21. The number of likely N-dealkylation sites (tertiary alicyclic amines) is 1. The molecule has 5 nitrogen and oxygen atoms in total. The van der Waals surface area contributed by atoms with E-state index in [4.69, 9.17) is 15.4 Å². The molecular formula is C11H20N4O. The molecule has 1 aliphatic rings. The van der Waals surface area contributed by atoms with E-state index in [1.165, 1.54) is 38.1 Å². The lowest BCUT2D eigenvalue weighted by Crippen LogP contribution is -2.42. The molecule has 5 heteroatoms. The minimum atomic E-state index is 0.924. The summed E-state index contributed by atoms with van der Waals surface area (Å²) in [6.45, 7) is 6.62. The van der Waals surface area contributed by atoms with E-state index >= 15 is 0 Å². The van der Waals surface area contributed by atoms with Crippen LogP contribution < -0.4 is 0 Å². The Balaban J connectivity index is 0.000000385. The normalized spacial score (nSPS) is 16.6. The molecule has 0 aromatic heterocycles. The zero-order chi connectivity index (χ0) is 12.3. The smallest absolute Gasteiger partial charge is 0.182 e. The van der Waals surface area contributed by atoms with Crippen molar-refractivity contribution in [1.29, 1.82) is 5.26 Å². The highest BCUT2D eigenvalue weighted by Gasteiger charge is 2.26. The van der Waals surface area contributed by atoms with E-state index < -0.39 is 0 Å². The molecule has 0 amide bonds. The van der Waals surface area contributed by atoms with Gasteiger partial charge in [-0.05, 0) is 6.42 Å². The van der Waals surface area contributed by atoms with Gasteiger partial charge in [-0.1, -0.05) is 6.92 Å². The van der Waals surface area contributed by atoms with Gasteiger partial charge in [-0.2, -0.15) is 5.26 Å². The average Bonchev–Trinajstić information content (AvgIpc) is 2.68. The van der Waals surface area contributed by atoms with Gasteiger partial charge in [0.1, 0.15) is 0 Å². The van der Waals surface area contributed by atoms with Crippen LogP contribution in [0.5, 0.6) is 0 Å². The van der Waals surface area contributed by atoms with Gasteiger partial charge in [-0.25, -0.2) is 0 Å². The Morgan fingerprint density at radius 2 is 2.06 bits per heavy atom. The first-order chi connectivity index (χ1) is 7.68. The molecule has 16 heavy (non-hydrogen) atoms. The van der Waals surface area contributed by atoms with Gasteiger partial charge in [0, 0.05) is 12.8 Å². The molecule has 0 aromatic carbocycles. The summed E-state index contributed by atoms with van der Waals surface area (Å²) in [6.07, 6.45) is 5.18. The number of hydrogen-bond donors (Lipinski definition) is 0. The van der Waals surface area contributed by atoms with Crippen LogP contribution in [0.2, 0.25) is 0 Å². The lowest BCUT2D eigenvalue weighted by molar-refractivity contribution is -0.916. The molecule has 0 radical (unpaired) electrons. The number of hydrogen-bond acceptors (Lipinski definition) is 3. The van der Waals surface area contributed by atoms with E-state index in [9.17, 15) is 0 Å². The molecule has 0 saturated carbocycles. The monoisotopic (exact) mass is 224 g/mol. The van der Waals surface area contributed by atoms with Gasteiger partial charge >= 0.3 is 0 Å². The van der Waals surface area contributed by atoms with Gasteiger partial charge in [-0.3, -0.25) is 0 Å². The van der Waals surface area contributed by atoms with Crippen molar-refractivity contribution < 1.29 is 9.22 Å². The van der Waals surface area contributed by atoms with Crippen molar-refractivity contribution >= 4 is 6.01 Å². The fourth-order valence-corrected chi connectivity index (χ4v) is 1.68. The third-order valence-electron chi connectivity index (χ3n) is 2.50. The number of rotatable bonds is 4. The van der Waals surface area contributed by atoms with Crippen molar-refractivity contribution in [3.63, 3.8) is 0 Å². The van der Waals surface area contributed by atoms with Crippen LogP contribution in [0.15, 0.2) is 4.99 Å². The van der Waals surface area contributed by atoms with Crippen molar-refractivity contribution in [3.8, 4) is 6.19 Å². The van der Waals surface area contributed by atoms with E-state index in [1.807, 2.05) is 0 Å². The predicted molar refractivity (Wildman–Crippen MR) is 62.7 cm³/mol. The third kappa shape index (κ3) is 7.13. The molecule has 0 unspecified atom stereocenters. The maximum atomic E-state index is 7.43. The van der Waals surface area contributed by atoms with E-state index in [0.29, 0.717) is 0 Å². The lowest BCUT2D eigenvalue weighted by Gasteiger charge is -2.28. The molecule has 0 atom stereocenters. The first-order valence-corrected chi connectivity index (χ1v) is 5.57. The SMILES string of the molecule is CCCOC[N+]1(C)CCCC1.N#CN=C=[N-]. The maximum absolute atomic E-state index is 7.43. The highest BCUT2D eigenvalue weighted by molar-refractivity contribution is 5.46. The van der Waals surface area contributed by atoms with Gasteiger partial charge in [0.25, 0.3) is 0 Å². The second-order valence-corrected chi connectivity index (χ2v) is 4.12. The summed E-state index contributed by atoms with van der Waals surface area (Å²) in [6, 6.07) is 1.28. The quantitative estimate of drug-likeness (QED) is 0.316. The first kappa shape index (κ1) is 14.8. The summed E-state index contributed by atoms with van der Waals surface area (Å²) in [4.78, 5) is 2.58. The van der Waals surface area contributed by atoms with Gasteiger partial charge in [-0.15, -0.1) is 6.01 Å². The van der Waals surface area contributed by atoms with Gasteiger partial charge < -0.3 is 19.6 Å².